The average Bonchev–Trinajstić information content (AvgIpc) is 1.11. The van der Waals surface area contributed by atoms with Gasteiger partial charge < -0.3 is 64.7 Å². The van der Waals surface area contributed by atoms with Crippen molar-refractivity contribution >= 4 is 88.6 Å². The van der Waals surface area contributed by atoms with Crippen LogP contribution in [0.1, 0.15) is 293 Å². The van der Waals surface area contributed by atoms with E-state index in [1.54, 1.807) is 96.3 Å². The number of hydroxylamine groups is 4. The third kappa shape index (κ3) is 304. The summed E-state index contributed by atoms with van der Waals surface area (Å²) in [6.45, 7) is 41.5. The van der Waals surface area contributed by atoms with Gasteiger partial charge in [-0.25, -0.2) is 27.8 Å². The molecule has 6 aromatic rings. The first-order chi connectivity index (χ1) is 56.2. The molecule has 0 aliphatic carbocycles. The second-order valence-electron chi connectivity index (χ2n) is 18.5. The van der Waals surface area contributed by atoms with Gasteiger partial charge in [-0.05, 0) is 111 Å². The fourth-order valence-corrected chi connectivity index (χ4v) is 5.29. The van der Waals surface area contributed by atoms with Crippen LogP contribution in [0.15, 0.2) is 184 Å². The molecule has 0 saturated heterocycles. The van der Waals surface area contributed by atoms with Crippen LogP contribution < -0.4 is 40.1 Å². The Labute approximate surface area is 801 Å². The molecule has 4 amide bonds. The maximum atomic E-state index is 10.5. The fourth-order valence-electron chi connectivity index (χ4n) is 5.29. The van der Waals surface area contributed by atoms with Gasteiger partial charge in [0.05, 0.1) is 14.2 Å². The first kappa shape index (κ1) is 187. The number of methoxy groups -OCH3 is 2. The number of ether oxygens (including phenoxy) is 2. The molecule has 0 spiro atoms. The maximum Gasteiger partial charge on any atom is 0.0267 e. The topological polar surface area (TPSA) is 579 Å². The number of hydrogen-bond acceptors (Lipinski definition) is 23. The number of aromatic nitrogens is 6. The Morgan fingerprint density at radius 1 is 0.331 bits per heavy atom. The number of unbranched alkanes of at least 4 members (excludes halogenated alkanes) is 11. The van der Waals surface area contributed by atoms with Crippen LogP contribution in [-0.2, 0) is 94.8 Å². The van der Waals surface area contributed by atoms with E-state index < -0.39 is 36.6 Å². The molecule has 0 aromatic carbocycles. The van der Waals surface area contributed by atoms with Crippen LogP contribution in [0.2, 0.25) is 0 Å². The fraction of sp³-hybridized carbons (Fsp3) is 0.541. The van der Waals surface area contributed by atoms with Gasteiger partial charge in [-0.3, -0.25) is 84.3 Å². The van der Waals surface area contributed by atoms with Crippen LogP contribution in [0.4, 0.5) is 0 Å². The van der Waals surface area contributed by atoms with Crippen LogP contribution >= 0.6 is 47.1 Å². The van der Waals surface area contributed by atoms with Gasteiger partial charge in [0.25, 0.3) is 5.97 Å². The Kier molecular flexibility index (Phi) is 337. The van der Waals surface area contributed by atoms with Crippen molar-refractivity contribution in [3.63, 3.8) is 0 Å². The molecule has 0 radical (unpaired) electrons. The van der Waals surface area contributed by atoms with E-state index >= 15 is 0 Å². The molecule has 0 atom stereocenters. The minimum atomic E-state index is -1.85. The maximum absolute atomic E-state index is 10.5. The van der Waals surface area contributed by atoms with Crippen molar-refractivity contribution in [3.05, 3.63) is 211 Å². The Bertz CT molecular complexity index is 1960. The summed E-state index contributed by atoms with van der Waals surface area (Å²) >= 11 is -2.32. The summed E-state index contributed by atoms with van der Waals surface area (Å²) in [6.07, 6.45) is 41.1. The molecule has 6 heterocycles. The molecular formula is C85H175Cl5N15O16Pt3-4. The number of nitrogens with one attached hydrogen (secondary N) is 4. The van der Waals surface area contributed by atoms with Crippen molar-refractivity contribution in [1.82, 2.24) is 64.1 Å². The van der Waals surface area contributed by atoms with E-state index in [-0.39, 0.29) is 102 Å². The summed E-state index contributed by atoms with van der Waals surface area (Å²) in [4.78, 5) is 93.8. The van der Waals surface area contributed by atoms with E-state index in [1.807, 2.05) is 213 Å². The summed E-state index contributed by atoms with van der Waals surface area (Å²) in [5.74, 6) is 1.31. The number of esters is 2. The predicted octanol–water partition coefficient (Wildman–Crippen LogP) is 25.7. The minimum absolute atomic E-state index is 0. The summed E-state index contributed by atoms with van der Waals surface area (Å²) in [5, 5.41) is 46.1. The first-order valence-corrected chi connectivity index (χ1v) is 53.2. The Morgan fingerprint density at radius 2 is 0.444 bits per heavy atom. The standard InChI is InChI=1S/C7H14O2.4C6H13NO2.C6H12O2.6C5H5N.C2H4O2.7C2H6.2CH3.5ClH.H3NO.2H3N.2H2N.H2O.3Pt/c1-3-4-5-6-7(8)9-2;4*1-2-3-4-5-6(8)7-9;1-3-4-5-6(7)8-2;6*1-2-4-6-5-3-1;1-2(3)4;7*1-2;;;;;;;;1-2;;;;;;;;/h3-6H2,1-2H3;4*9H,2-5H2,1H3,(H,7,8);3-5H2,1-2H3;6*1-5H;1H3,(H,3,4);7*1-2H3;2*1H3;5*1H;2H,1H2;2*1H3;3*1H2;;;/q;;;;;;;;;;;;;;;;;;;;2*-1;;;;;;;;;2*-1;;;+2;+3/p-5. The summed E-state index contributed by atoms with van der Waals surface area (Å²) in [5.41, 5.74) is 6.34. The zero-order valence-corrected chi connectivity index (χ0v) is 90.2. The quantitative estimate of drug-likeness (QED) is 0.00931. The van der Waals surface area contributed by atoms with E-state index in [1.165, 1.54) is 14.2 Å². The third-order valence-corrected chi connectivity index (χ3v) is 10.1. The van der Waals surface area contributed by atoms with Crippen molar-refractivity contribution in [2.75, 3.05) is 14.2 Å². The van der Waals surface area contributed by atoms with E-state index in [2.05, 4.69) is 79.9 Å². The van der Waals surface area contributed by atoms with Gasteiger partial charge in [-0.2, -0.15) is 0 Å². The number of aliphatic carboxylic acids is 1. The molecule has 0 unspecified atom stereocenters. The van der Waals surface area contributed by atoms with E-state index in [9.17, 15) is 28.8 Å². The van der Waals surface area contributed by atoms with Gasteiger partial charge in [0.1, 0.15) is 0 Å². The van der Waals surface area contributed by atoms with Gasteiger partial charge in [-0.15, -0.1) is 0 Å². The second kappa shape index (κ2) is 223. The van der Waals surface area contributed by atoms with Gasteiger partial charge in [0.15, 0.2) is 0 Å². The van der Waals surface area contributed by atoms with Crippen molar-refractivity contribution in [1.29, 1.82) is 0 Å². The molecule has 6 rings (SSSR count). The number of rotatable bonds is 23. The van der Waals surface area contributed by atoms with Crippen molar-refractivity contribution in [2.24, 2.45) is 5.90 Å². The van der Waals surface area contributed by atoms with Crippen LogP contribution in [0.25, 0.3) is 12.3 Å². The smallest absolute Gasteiger partial charge is 0.0267 e. The monoisotopic (exact) mass is 2420 g/mol. The van der Waals surface area contributed by atoms with Gasteiger partial charge in [0, 0.05) is 141 Å². The number of halogens is 5. The van der Waals surface area contributed by atoms with E-state index in [4.69, 9.17) is 83.0 Å². The predicted molar refractivity (Wildman–Crippen MR) is 514 cm³/mol. The molecular weight excluding hydrogens is 2250 g/mol. The SMILES string of the molecule is CC.CC.CC.CC.CC.CC.CC.CC(=O)O.CCCCC(=O)OC.CCCCCC(=O)NO.CCCCCC(=O)NO.CCCCCC(=O)NO.CCCCCC(=O)NO.CCCCCC(=O)OC.N.N.NO.O.[CH3-].[CH3-].[Cl][Pt]([Cl])[Cl].[Cl][Pt][Cl].[NH2-].[NH2-].[Pt].c1ccncc1.c1ccncc1.c1ccncc1.c1ccncc1.c1ccncc1.c1ccncc1. The molecule has 31 nitrogen and oxygen atoms in total. The van der Waals surface area contributed by atoms with Gasteiger partial charge in [-0.1, -0.05) is 246 Å². The summed E-state index contributed by atoms with van der Waals surface area (Å²) < 4.78 is 8.87. The number of nitrogens with two attached hydrogens (primary N) is 3. The molecule has 0 aliphatic rings. The molecule has 24 N–H and O–H groups in total. The van der Waals surface area contributed by atoms with Gasteiger partial charge in [0.2, 0.25) is 23.6 Å². The number of nitrogens with zero attached hydrogens (tertiary/aromatic N) is 6. The number of carboxylic acid groups (broad SMARTS) is 1. The molecule has 124 heavy (non-hydrogen) atoms. The zero-order valence-electron chi connectivity index (χ0n) is 79.6. The Hall–Kier alpha value is -5.74. The van der Waals surface area contributed by atoms with Gasteiger partial charge >= 0.3 is 89.7 Å². The molecule has 755 valence electrons. The van der Waals surface area contributed by atoms with Crippen LogP contribution in [-0.4, -0.2) is 122 Å². The normalized spacial score (nSPS) is 7.32. The number of carboxylic acids is 1. The number of hydrogen-bond donors (Lipinski definition) is 13. The van der Waals surface area contributed by atoms with E-state index in [0.29, 0.717) is 38.5 Å². The largest absolute Gasteiger partial charge is 0.693 e. The van der Waals surface area contributed by atoms with Crippen molar-refractivity contribution < 1.29 is 131 Å². The van der Waals surface area contributed by atoms with Crippen LogP contribution in [0, 0.1) is 14.9 Å². The molecule has 6 aromatic heterocycles. The molecule has 39 heteroatoms. The Morgan fingerprint density at radius 3 is 0.524 bits per heavy atom. The molecule has 0 aliphatic heterocycles. The second-order valence-corrected chi connectivity index (χ2v) is 31.7. The third-order valence-electron chi connectivity index (χ3n) is 10.1. The summed E-state index contributed by atoms with van der Waals surface area (Å²) in [7, 11) is 27.5. The van der Waals surface area contributed by atoms with Crippen LogP contribution in [0.3, 0.4) is 0 Å². The summed E-state index contributed by atoms with van der Waals surface area (Å²) in [6, 6.07) is 34.3. The van der Waals surface area contributed by atoms with E-state index in [0.717, 1.165) is 116 Å². The zero-order chi connectivity index (χ0) is 93.3. The molecule has 0 bridgehead atoms. The molecule has 0 saturated carbocycles. The Balaban J connectivity index is -0.0000000364. The number of pyridine rings is 6. The number of carbonyl (C=O) groups excluding carboxylic acids is 6. The average molecular weight is 2430 g/mol. The number of amides is 4. The number of carbonyl (C=O) groups is 7. The minimum Gasteiger partial charge on any atom is -0.693 e. The van der Waals surface area contributed by atoms with Crippen molar-refractivity contribution in [2.45, 2.75) is 293 Å². The van der Waals surface area contributed by atoms with Crippen molar-refractivity contribution in [3.8, 4) is 0 Å². The first-order valence-electron chi connectivity index (χ1n) is 39.1. The molecule has 0 fully saturated rings. The van der Waals surface area contributed by atoms with Crippen LogP contribution in [0.5, 0.6) is 0 Å².